The highest BCUT2D eigenvalue weighted by Gasteiger charge is 2.36. The van der Waals surface area contributed by atoms with Gasteiger partial charge < -0.3 is 15.1 Å². The van der Waals surface area contributed by atoms with E-state index in [1.165, 1.54) is 11.1 Å². The number of aromatic nitrogens is 1. The molecule has 146 valence electrons. The third-order valence-electron chi connectivity index (χ3n) is 6.07. The van der Waals surface area contributed by atoms with Gasteiger partial charge in [0.2, 0.25) is 0 Å². The molecule has 1 unspecified atom stereocenters. The molecule has 0 radical (unpaired) electrons. The lowest BCUT2D eigenvalue weighted by atomic mass is 9.75. The Morgan fingerprint density at radius 1 is 1.04 bits per heavy atom. The lowest BCUT2D eigenvalue weighted by Crippen LogP contribution is -2.47. The predicted molar refractivity (Wildman–Crippen MR) is 114 cm³/mol. The van der Waals surface area contributed by atoms with E-state index in [9.17, 15) is 10.2 Å². The number of nitrogens with zero attached hydrogens (tertiary/aromatic N) is 2. The van der Waals surface area contributed by atoms with Gasteiger partial charge in [-0.2, -0.15) is 0 Å². The van der Waals surface area contributed by atoms with Gasteiger partial charge in [0.25, 0.3) is 0 Å². The van der Waals surface area contributed by atoms with Gasteiger partial charge in [0.1, 0.15) is 5.82 Å². The molecule has 0 aliphatic carbocycles. The van der Waals surface area contributed by atoms with Crippen LogP contribution in [-0.4, -0.2) is 34.9 Å². The van der Waals surface area contributed by atoms with Crippen LogP contribution in [0.5, 0.6) is 0 Å². The SMILES string of the molecule is Cc1ccccc1CC1(CO)CCCN(c2nc3ccccc3cc2CO)C1. The van der Waals surface area contributed by atoms with E-state index >= 15 is 0 Å². The van der Waals surface area contributed by atoms with Crippen LogP contribution in [0.4, 0.5) is 5.82 Å². The minimum Gasteiger partial charge on any atom is -0.396 e. The maximum Gasteiger partial charge on any atom is 0.134 e. The van der Waals surface area contributed by atoms with Gasteiger partial charge in [-0.15, -0.1) is 0 Å². The Hall–Kier alpha value is -2.43. The highest BCUT2D eigenvalue weighted by Crippen LogP contribution is 2.37. The van der Waals surface area contributed by atoms with Gasteiger partial charge >= 0.3 is 0 Å². The van der Waals surface area contributed by atoms with Crippen LogP contribution in [0.15, 0.2) is 54.6 Å². The van der Waals surface area contributed by atoms with Crippen molar-refractivity contribution in [3.63, 3.8) is 0 Å². The Balaban J connectivity index is 1.67. The number of para-hydroxylation sites is 1. The van der Waals surface area contributed by atoms with E-state index in [1.807, 2.05) is 30.3 Å². The zero-order valence-corrected chi connectivity index (χ0v) is 16.4. The van der Waals surface area contributed by atoms with Crippen molar-refractivity contribution >= 4 is 16.7 Å². The van der Waals surface area contributed by atoms with Gasteiger partial charge in [-0.05, 0) is 49.4 Å². The summed E-state index contributed by atoms with van der Waals surface area (Å²) < 4.78 is 0. The number of benzene rings is 2. The van der Waals surface area contributed by atoms with Gasteiger partial charge in [0.05, 0.1) is 18.7 Å². The van der Waals surface area contributed by atoms with Gasteiger partial charge in [-0.1, -0.05) is 42.5 Å². The summed E-state index contributed by atoms with van der Waals surface area (Å²) in [5.41, 5.74) is 4.17. The second kappa shape index (κ2) is 7.90. The van der Waals surface area contributed by atoms with Crippen molar-refractivity contribution in [1.29, 1.82) is 0 Å². The van der Waals surface area contributed by atoms with E-state index in [-0.39, 0.29) is 18.6 Å². The molecule has 0 amide bonds. The molecular formula is C24H28N2O2. The number of rotatable bonds is 5. The maximum absolute atomic E-state index is 10.4. The monoisotopic (exact) mass is 376 g/mol. The zero-order chi connectivity index (χ0) is 19.6. The average Bonchev–Trinajstić information content (AvgIpc) is 2.74. The average molecular weight is 377 g/mol. The number of anilines is 1. The summed E-state index contributed by atoms with van der Waals surface area (Å²) in [7, 11) is 0. The molecule has 2 N–H and O–H groups in total. The van der Waals surface area contributed by atoms with E-state index in [1.54, 1.807) is 0 Å². The number of fused-ring (bicyclic) bond motifs is 1. The molecule has 1 saturated heterocycles. The van der Waals surface area contributed by atoms with Gasteiger partial charge in [0, 0.05) is 29.5 Å². The normalized spacial score (nSPS) is 19.9. The lowest BCUT2D eigenvalue weighted by molar-refractivity contribution is 0.105. The summed E-state index contributed by atoms with van der Waals surface area (Å²) in [5.74, 6) is 0.850. The fourth-order valence-electron chi connectivity index (χ4n) is 4.47. The van der Waals surface area contributed by atoms with Gasteiger partial charge in [-0.25, -0.2) is 4.98 Å². The van der Waals surface area contributed by atoms with E-state index in [0.717, 1.165) is 54.6 Å². The summed E-state index contributed by atoms with van der Waals surface area (Å²) in [5, 5.41) is 21.4. The molecule has 1 atom stereocenters. The van der Waals surface area contributed by atoms with E-state index < -0.39 is 0 Å². The van der Waals surface area contributed by atoms with E-state index in [0.29, 0.717) is 0 Å². The number of hydrogen-bond acceptors (Lipinski definition) is 4. The van der Waals surface area contributed by atoms with Gasteiger partial charge in [-0.3, -0.25) is 0 Å². The molecule has 1 fully saturated rings. The third-order valence-corrected chi connectivity index (χ3v) is 6.07. The third kappa shape index (κ3) is 3.62. The molecule has 4 heteroatoms. The Kier molecular flexibility index (Phi) is 5.33. The number of piperidine rings is 1. The first-order valence-corrected chi connectivity index (χ1v) is 10.0. The molecule has 2 aromatic carbocycles. The van der Waals surface area contributed by atoms with Crippen molar-refractivity contribution in [2.24, 2.45) is 5.41 Å². The second-order valence-electron chi connectivity index (χ2n) is 8.11. The van der Waals surface area contributed by atoms with Crippen molar-refractivity contribution in [1.82, 2.24) is 4.98 Å². The number of pyridine rings is 1. The first-order valence-electron chi connectivity index (χ1n) is 10.0. The van der Waals surface area contributed by atoms with Crippen LogP contribution in [0.1, 0.15) is 29.5 Å². The van der Waals surface area contributed by atoms with Crippen molar-refractivity contribution < 1.29 is 10.2 Å². The molecule has 1 aliphatic heterocycles. The topological polar surface area (TPSA) is 56.6 Å². The fraction of sp³-hybridized carbons (Fsp3) is 0.375. The molecule has 4 nitrogen and oxygen atoms in total. The molecule has 2 heterocycles. The molecule has 1 aliphatic rings. The molecule has 4 rings (SSSR count). The van der Waals surface area contributed by atoms with E-state index in [2.05, 4.69) is 36.1 Å². The quantitative estimate of drug-likeness (QED) is 0.710. The maximum atomic E-state index is 10.4. The predicted octanol–water partition coefficient (Wildman–Crippen LogP) is 3.86. The smallest absolute Gasteiger partial charge is 0.134 e. The van der Waals surface area contributed by atoms with Crippen molar-refractivity contribution in [3.8, 4) is 0 Å². The number of aliphatic hydroxyl groups is 2. The molecule has 0 saturated carbocycles. The first kappa shape index (κ1) is 18.9. The summed E-state index contributed by atoms with van der Waals surface area (Å²) in [6.07, 6.45) is 2.86. The Morgan fingerprint density at radius 2 is 1.82 bits per heavy atom. The molecule has 0 spiro atoms. The van der Waals surface area contributed by atoms with Crippen molar-refractivity contribution in [2.45, 2.75) is 32.8 Å². The highest BCUT2D eigenvalue weighted by molar-refractivity contribution is 5.81. The van der Waals surface area contributed by atoms with Crippen LogP contribution < -0.4 is 4.90 Å². The Morgan fingerprint density at radius 3 is 2.61 bits per heavy atom. The van der Waals surface area contributed by atoms with Crippen LogP contribution in [0.25, 0.3) is 10.9 Å². The summed E-state index contributed by atoms with van der Waals surface area (Å²) in [6.45, 7) is 3.90. The molecular weight excluding hydrogens is 348 g/mol. The van der Waals surface area contributed by atoms with Crippen LogP contribution >= 0.6 is 0 Å². The van der Waals surface area contributed by atoms with Crippen LogP contribution in [0.3, 0.4) is 0 Å². The Bertz CT molecular complexity index is 972. The minimum atomic E-state index is -0.190. The number of aliphatic hydroxyl groups excluding tert-OH is 2. The highest BCUT2D eigenvalue weighted by atomic mass is 16.3. The molecule has 3 aromatic rings. The zero-order valence-electron chi connectivity index (χ0n) is 16.4. The molecule has 0 bridgehead atoms. The molecule has 1 aromatic heterocycles. The van der Waals surface area contributed by atoms with Crippen LogP contribution in [0, 0.1) is 12.3 Å². The van der Waals surface area contributed by atoms with Crippen molar-refractivity contribution in [3.05, 3.63) is 71.3 Å². The standard InChI is InChI=1S/C24H28N2O2/c1-18-7-2-3-9-20(18)14-24(17-28)11-6-12-26(16-24)23-21(15-27)13-19-8-4-5-10-22(19)25-23/h2-5,7-10,13,27-28H,6,11-12,14-17H2,1H3. The first-order chi connectivity index (χ1) is 13.6. The largest absolute Gasteiger partial charge is 0.396 e. The minimum absolute atomic E-state index is 0.0341. The molecule has 28 heavy (non-hydrogen) atoms. The van der Waals surface area contributed by atoms with Crippen molar-refractivity contribution in [2.75, 3.05) is 24.6 Å². The second-order valence-corrected chi connectivity index (χ2v) is 8.11. The summed E-state index contributed by atoms with van der Waals surface area (Å²) in [6, 6.07) is 18.5. The number of hydrogen-bond donors (Lipinski definition) is 2. The number of aryl methyl sites for hydroxylation is 1. The van der Waals surface area contributed by atoms with Gasteiger partial charge in [0.15, 0.2) is 0 Å². The fourth-order valence-corrected chi connectivity index (χ4v) is 4.47. The lowest BCUT2D eigenvalue weighted by Gasteiger charge is -2.43. The van der Waals surface area contributed by atoms with E-state index in [4.69, 9.17) is 4.98 Å². The summed E-state index contributed by atoms with van der Waals surface area (Å²) in [4.78, 5) is 7.14. The Labute approximate surface area is 166 Å². The van der Waals surface area contributed by atoms with Crippen LogP contribution in [-0.2, 0) is 13.0 Å². The van der Waals surface area contributed by atoms with Crippen LogP contribution in [0.2, 0.25) is 0 Å². The summed E-state index contributed by atoms with van der Waals surface area (Å²) >= 11 is 0.